The molecule has 0 spiro atoms. The Balaban J connectivity index is 2.74. The molecule has 0 aromatic rings. The molecule has 0 aromatic carbocycles. The third-order valence-electron chi connectivity index (χ3n) is 12.3. The van der Waals surface area contributed by atoms with Crippen LogP contribution in [0.4, 0.5) is 0 Å². The molecule has 71 heavy (non-hydrogen) atoms. The summed E-state index contributed by atoms with van der Waals surface area (Å²) in [4.78, 5) is 51.0. The third-order valence-corrected chi connectivity index (χ3v) is 12.3. The van der Waals surface area contributed by atoms with Crippen LogP contribution in [0.1, 0.15) is 226 Å². The first-order valence-corrected chi connectivity index (χ1v) is 27.9. The van der Waals surface area contributed by atoms with E-state index in [4.69, 9.17) is 23.7 Å². The number of rotatable bonds is 46. The normalized spacial score (nSPS) is 19.0. The van der Waals surface area contributed by atoms with Gasteiger partial charge in [0.25, 0.3) is 0 Å². The van der Waals surface area contributed by atoms with E-state index in [2.05, 4.69) is 93.7 Å². The number of ether oxygens (including phenoxy) is 5. The van der Waals surface area contributed by atoms with Gasteiger partial charge in [-0.25, -0.2) is 4.79 Å². The molecule has 12 nitrogen and oxygen atoms in total. The van der Waals surface area contributed by atoms with Crippen molar-refractivity contribution in [2.45, 2.75) is 263 Å². The minimum Gasteiger partial charge on any atom is -0.479 e. The van der Waals surface area contributed by atoms with Crippen molar-refractivity contribution in [2.75, 3.05) is 13.2 Å². The molecule has 1 rings (SSSR count). The van der Waals surface area contributed by atoms with Crippen molar-refractivity contribution in [1.82, 2.24) is 0 Å². The molecular formula is C59H98O12. The van der Waals surface area contributed by atoms with E-state index in [1.807, 2.05) is 0 Å². The van der Waals surface area contributed by atoms with Gasteiger partial charge in [0.1, 0.15) is 18.8 Å². The van der Waals surface area contributed by atoms with Gasteiger partial charge in [0, 0.05) is 19.3 Å². The number of aliphatic hydroxyl groups is 2. The van der Waals surface area contributed by atoms with Gasteiger partial charge < -0.3 is 39.0 Å². The number of carbonyl (C=O) groups excluding carboxylic acids is 3. The van der Waals surface area contributed by atoms with E-state index in [1.54, 1.807) is 0 Å². The summed E-state index contributed by atoms with van der Waals surface area (Å²) in [5.74, 6) is -3.16. The number of carboxylic acids is 1. The highest BCUT2D eigenvalue weighted by atomic mass is 16.7. The van der Waals surface area contributed by atoms with Crippen LogP contribution in [0, 0.1) is 0 Å². The summed E-state index contributed by atoms with van der Waals surface area (Å²) in [7, 11) is 0. The average molecular weight is 999 g/mol. The van der Waals surface area contributed by atoms with Crippen molar-refractivity contribution in [3.05, 3.63) is 72.9 Å². The number of carboxylic acid groups (broad SMARTS) is 1. The molecule has 3 N–H and O–H groups in total. The van der Waals surface area contributed by atoms with Gasteiger partial charge in [-0.2, -0.15) is 0 Å². The lowest BCUT2D eigenvalue weighted by molar-refractivity contribution is -0.301. The maximum atomic E-state index is 13.1. The quantitative estimate of drug-likeness (QED) is 0.0228. The van der Waals surface area contributed by atoms with E-state index in [0.717, 1.165) is 128 Å². The van der Waals surface area contributed by atoms with Crippen LogP contribution in [-0.2, 0) is 42.9 Å². The fourth-order valence-electron chi connectivity index (χ4n) is 8.04. The van der Waals surface area contributed by atoms with Gasteiger partial charge >= 0.3 is 23.9 Å². The lowest BCUT2D eigenvalue weighted by Gasteiger charge is -2.40. The van der Waals surface area contributed by atoms with Crippen LogP contribution in [0.2, 0.25) is 0 Å². The van der Waals surface area contributed by atoms with E-state index >= 15 is 0 Å². The summed E-state index contributed by atoms with van der Waals surface area (Å²) in [6.07, 6.45) is 46.0. The summed E-state index contributed by atoms with van der Waals surface area (Å²) in [6.45, 7) is 5.71. The number of aliphatic hydroxyl groups excluding tert-OH is 2. The Bertz CT molecular complexity index is 1510. The Kier molecular flexibility index (Phi) is 43.3. The van der Waals surface area contributed by atoms with Gasteiger partial charge in [-0.05, 0) is 83.5 Å². The minimum atomic E-state index is -1.91. The van der Waals surface area contributed by atoms with Gasteiger partial charge in [0.05, 0.1) is 6.61 Å². The fraction of sp³-hybridized carbons (Fsp3) is 0.729. The smallest absolute Gasteiger partial charge is 0.335 e. The lowest BCUT2D eigenvalue weighted by Crippen LogP contribution is -2.61. The van der Waals surface area contributed by atoms with Crippen LogP contribution >= 0.6 is 0 Å². The number of hydrogen-bond acceptors (Lipinski definition) is 11. The van der Waals surface area contributed by atoms with Crippen molar-refractivity contribution in [2.24, 2.45) is 0 Å². The molecule has 0 saturated carbocycles. The number of carbonyl (C=O) groups is 4. The second-order valence-electron chi connectivity index (χ2n) is 18.8. The Morgan fingerprint density at radius 1 is 0.479 bits per heavy atom. The van der Waals surface area contributed by atoms with Crippen LogP contribution in [0.3, 0.4) is 0 Å². The van der Waals surface area contributed by atoms with Crippen LogP contribution in [0.5, 0.6) is 0 Å². The molecule has 1 aliphatic heterocycles. The van der Waals surface area contributed by atoms with Gasteiger partial charge in [-0.1, -0.05) is 196 Å². The van der Waals surface area contributed by atoms with Crippen LogP contribution in [0.25, 0.3) is 0 Å². The van der Waals surface area contributed by atoms with E-state index in [1.165, 1.54) is 38.5 Å². The van der Waals surface area contributed by atoms with Crippen molar-refractivity contribution in [3.63, 3.8) is 0 Å². The molecule has 0 bridgehead atoms. The van der Waals surface area contributed by atoms with Crippen molar-refractivity contribution < 1.29 is 58.2 Å². The molecule has 12 heteroatoms. The highest BCUT2D eigenvalue weighted by Crippen LogP contribution is 2.26. The zero-order valence-electron chi connectivity index (χ0n) is 44.4. The number of allylic oxidation sites excluding steroid dienone is 12. The Morgan fingerprint density at radius 2 is 0.887 bits per heavy atom. The summed E-state index contributed by atoms with van der Waals surface area (Å²) in [5.41, 5.74) is 0. The van der Waals surface area contributed by atoms with Gasteiger partial charge in [-0.3, -0.25) is 14.4 Å². The first-order chi connectivity index (χ1) is 34.6. The monoisotopic (exact) mass is 999 g/mol. The molecule has 1 aliphatic rings. The standard InChI is InChI=1S/C59H98O12/c1-4-7-10-13-16-19-22-24-26-28-31-33-36-39-42-45-51(60)67-48-50(69-52(61)46-43-40-37-35-32-29-27-25-23-20-17-14-11-8-5-2)49-68-59-57(55(64)54(63)56(71-59)58(65)66)70-53(62)47-44-41-38-34-30-21-18-15-12-9-6-3/h7-8,10-11,16-17,19-20,24-27,50,54-57,59,63-64H,4-6,9,12-15,18,21-23,28-49H2,1-3H3,(H,65,66)/b10-7-,11-8-,19-16-,20-17-,26-24-,27-25-. The Labute approximate surface area is 429 Å². The highest BCUT2D eigenvalue weighted by molar-refractivity contribution is 5.74. The molecule has 0 amide bonds. The molecule has 0 radical (unpaired) electrons. The third kappa shape index (κ3) is 37.6. The van der Waals surface area contributed by atoms with E-state index < -0.39 is 67.3 Å². The average Bonchev–Trinajstić information content (AvgIpc) is 3.35. The fourth-order valence-corrected chi connectivity index (χ4v) is 8.04. The van der Waals surface area contributed by atoms with E-state index in [0.29, 0.717) is 19.3 Å². The molecular weight excluding hydrogens is 901 g/mol. The van der Waals surface area contributed by atoms with Crippen LogP contribution in [-0.4, -0.2) is 89.2 Å². The maximum Gasteiger partial charge on any atom is 0.335 e. The zero-order chi connectivity index (χ0) is 51.8. The zero-order valence-corrected chi connectivity index (χ0v) is 44.4. The van der Waals surface area contributed by atoms with Gasteiger partial charge in [-0.15, -0.1) is 0 Å². The topological polar surface area (TPSA) is 175 Å². The maximum absolute atomic E-state index is 13.1. The second-order valence-corrected chi connectivity index (χ2v) is 18.8. The summed E-state index contributed by atoms with van der Waals surface area (Å²) in [6, 6.07) is 0. The summed E-state index contributed by atoms with van der Waals surface area (Å²) >= 11 is 0. The van der Waals surface area contributed by atoms with Crippen molar-refractivity contribution in [3.8, 4) is 0 Å². The molecule has 0 aromatic heterocycles. The number of hydrogen-bond donors (Lipinski definition) is 3. The summed E-state index contributed by atoms with van der Waals surface area (Å²) < 4.78 is 28.3. The van der Waals surface area contributed by atoms with Crippen molar-refractivity contribution in [1.29, 1.82) is 0 Å². The SMILES string of the molecule is CC/C=C\C/C=C\C/C=C\CCCCCCCC(=O)OCC(COC1OC(C(=O)O)C(O)C(O)C1OC(=O)CCCCCCCCCCCCC)OC(=O)CCCCCCC/C=C\C/C=C\C/C=C\CC. The Hall–Kier alpha value is -3.84. The Morgan fingerprint density at radius 3 is 1.35 bits per heavy atom. The molecule has 0 aliphatic carbocycles. The molecule has 6 atom stereocenters. The molecule has 406 valence electrons. The first kappa shape index (κ1) is 65.2. The van der Waals surface area contributed by atoms with Crippen molar-refractivity contribution >= 4 is 23.9 Å². The largest absolute Gasteiger partial charge is 0.479 e. The highest BCUT2D eigenvalue weighted by Gasteiger charge is 2.50. The van der Waals surface area contributed by atoms with Crippen LogP contribution in [0.15, 0.2) is 72.9 Å². The predicted octanol–water partition coefficient (Wildman–Crippen LogP) is 13.8. The van der Waals surface area contributed by atoms with E-state index in [-0.39, 0.29) is 25.9 Å². The lowest BCUT2D eigenvalue weighted by atomic mass is 9.98. The second kappa shape index (κ2) is 47.2. The van der Waals surface area contributed by atoms with Crippen LogP contribution < -0.4 is 0 Å². The van der Waals surface area contributed by atoms with E-state index in [9.17, 15) is 34.5 Å². The molecule has 1 heterocycles. The predicted molar refractivity (Wildman–Crippen MR) is 285 cm³/mol. The first-order valence-electron chi connectivity index (χ1n) is 27.9. The molecule has 6 unspecified atom stereocenters. The van der Waals surface area contributed by atoms with Gasteiger partial charge in [0.15, 0.2) is 24.6 Å². The number of esters is 3. The molecule has 1 fully saturated rings. The number of aliphatic carboxylic acids is 1. The minimum absolute atomic E-state index is 0.0568. The summed E-state index contributed by atoms with van der Waals surface area (Å²) in [5, 5.41) is 31.4. The molecule has 1 saturated heterocycles. The number of unbranched alkanes of at least 4 members (excludes halogenated alkanes) is 20. The van der Waals surface area contributed by atoms with Gasteiger partial charge in [0.2, 0.25) is 0 Å².